The number of nitrogens with zero attached hydrogens (tertiary/aromatic N) is 2. The van der Waals surface area contributed by atoms with Gasteiger partial charge in [0.1, 0.15) is 6.54 Å². The number of carbonyl (C=O) groups excluding carboxylic acids is 1. The number of hydrogen-bond acceptors (Lipinski definition) is 3. The molecule has 1 rings (SSSR count). The molecule has 0 atom stereocenters. The van der Waals surface area contributed by atoms with Crippen LogP contribution in [-0.2, 0) is 4.79 Å². The minimum Gasteiger partial charge on any atom is -0.480 e. The highest BCUT2D eigenvalue weighted by Gasteiger charge is 2.17. The maximum absolute atomic E-state index is 11.9. The first kappa shape index (κ1) is 13.2. The van der Waals surface area contributed by atoms with Gasteiger partial charge < -0.3 is 10.0 Å². The van der Waals surface area contributed by atoms with Crippen molar-refractivity contribution in [3.05, 3.63) is 28.5 Å². The van der Waals surface area contributed by atoms with Gasteiger partial charge in [0.15, 0.2) is 0 Å². The van der Waals surface area contributed by atoms with Crippen LogP contribution < -0.4 is 0 Å². The van der Waals surface area contributed by atoms with Crippen LogP contribution in [-0.4, -0.2) is 40.0 Å². The lowest BCUT2D eigenvalue weighted by molar-refractivity contribution is -0.137. The fraction of sp³-hybridized carbons (Fsp3) is 0.182. The number of aliphatic carboxylic acids is 1. The first-order chi connectivity index (χ1) is 8.04. The number of rotatable bonds is 4. The van der Waals surface area contributed by atoms with Crippen LogP contribution in [0.3, 0.4) is 0 Å². The molecule has 0 aliphatic rings. The predicted octanol–water partition coefficient (Wildman–Crippen LogP) is 1.00. The van der Waals surface area contributed by atoms with Gasteiger partial charge in [0, 0.05) is 16.9 Å². The molecule has 0 aliphatic heterocycles. The predicted molar refractivity (Wildman–Crippen MR) is 64.3 cm³/mol. The van der Waals surface area contributed by atoms with E-state index in [4.69, 9.17) is 11.5 Å². The van der Waals surface area contributed by atoms with Gasteiger partial charge in [0.25, 0.3) is 5.91 Å². The molecule has 0 saturated heterocycles. The van der Waals surface area contributed by atoms with E-state index in [0.717, 1.165) is 4.90 Å². The van der Waals surface area contributed by atoms with Crippen LogP contribution in [0.4, 0.5) is 0 Å². The van der Waals surface area contributed by atoms with Gasteiger partial charge in [0.05, 0.1) is 12.1 Å². The molecule has 1 N–H and O–H groups in total. The van der Waals surface area contributed by atoms with E-state index < -0.39 is 18.4 Å². The summed E-state index contributed by atoms with van der Waals surface area (Å²) in [5.74, 6) is 0.675. The molecule has 0 radical (unpaired) electrons. The van der Waals surface area contributed by atoms with E-state index in [-0.39, 0.29) is 12.1 Å². The number of pyridine rings is 1. The van der Waals surface area contributed by atoms with Crippen LogP contribution in [0.25, 0.3) is 0 Å². The summed E-state index contributed by atoms with van der Waals surface area (Å²) in [6.45, 7) is -0.493. The Labute approximate surface area is 107 Å². The first-order valence-corrected chi connectivity index (χ1v) is 5.39. The summed E-state index contributed by atoms with van der Waals surface area (Å²) in [6.07, 6.45) is 7.98. The average molecular weight is 297 g/mol. The number of carboxylic acid groups (broad SMARTS) is 1. The van der Waals surface area contributed by atoms with E-state index in [0.29, 0.717) is 4.47 Å². The normalized spacial score (nSPS) is 9.41. The van der Waals surface area contributed by atoms with Crippen LogP contribution >= 0.6 is 15.9 Å². The topological polar surface area (TPSA) is 70.5 Å². The highest BCUT2D eigenvalue weighted by atomic mass is 79.9. The Hall–Kier alpha value is -1.87. The molecule has 6 heteroatoms. The minimum absolute atomic E-state index is 0.0579. The Morgan fingerprint density at radius 3 is 2.76 bits per heavy atom. The Balaban J connectivity index is 2.92. The maximum Gasteiger partial charge on any atom is 0.323 e. The summed E-state index contributed by atoms with van der Waals surface area (Å²) in [5.41, 5.74) is 0.288. The molecule has 0 aliphatic carbocycles. The summed E-state index contributed by atoms with van der Waals surface area (Å²) in [7, 11) is 0. The van der Waals surface area contributed by atoms with E-state index in [1.807, 2.05) is 0 Å². The Morgan fingerprint density at radius 1 is 1.53 bits per heavy atom. The fourth-order valence-corrected chi connectivity index (χ4v) is 1.55. The zero-order valence-corrected chi connectivity index (χ0v) is 10.3. The molecular weight excluding hydrogens is 288 g/mol. The lowest BCUT2D eigenvalue weighted by atomic mass is 10.2. The van der Waals surface area contributed by atoms with Crippen molar-refractivity contribution in [2.75, 3.05) is 13.1 Å². The van der Waals surface area contributed by atoms with Crippen molar-refractivity contribution in [1.29, 1.82) is 0 Å². The van der Waals surface area contributed by atoms with Gasteiger partial charge >= 0.3 is 5.97 Å². The molecule has 0 aromatic carbocycles. The second kappa shape index (κ2) is 6.01. The van der Waals surface area contributed by atoms with E-state index in [9.17, 15) is 9.59 Å². The highest BCUT2D eigenvalue weighted by molar-refractivity contribution is 9.10. The van der Waals surface area contributed by atoms with Gasteiger partial charge in [0.2, 0.25) is 0 Å². The van der Waals surface area contributed by atoms with Crippen LogP contribution in [0, 0.1) is 12.3 Å². The molecule has 5 nitrogen and oxygen atoms in total. The van der Waals surface area contributed by atoms with Crippen LogP contribution in [0.2, 0.25) is 0 Å². The quantitative estimate of drug-likeness (QED) is 0.842. The number of terminal acetylenes is 1. The van der Waals surface area contributed by atoms with Crippen molar-refractivity contribution in [2.24, 2.45) is 0 Å². The molecule has 0 saturated carbocycles. The van der Waals surface area contributed by atoms with Gasteiger partial charge in [-0.05, 0) is 22.0 Å². The standard InChI is InChI=1S/C11H9BrN2O3/c1-2-3-14(7-10(15)16)11(17)8-4-9(12)6-13-5-8/h1,4-6H,3,7H2,(H,15,16). The smallest absolute Gasteiger partial charge is 0.323 e. The lowest BCUT2D eigenvalue weighted by Crippen LogP contribution is -2.36. The highest BCUT2D eigenvalue weighted by Crippen LogP contribution is 2.11. The molecule has 0 bridgehead atoms. The van der Waals surface area contributed by atoms with Gasteiger partial charge in [-0.3, -0.25) is 14.6 Å². The van der Waals surface area contributed by atoms with Gasteiger partial charge in [-0.25, -0.2) is 0 Å². The average Bonchev–Trinajstić information content (AvgIpc) is 2.27. The zero-order valence-electron chi connectivity index (χ0n) is 8.76. The molecule has 0 fully saturated rings. The third kappa shape index (κ3) is 3.89. The summed E-state index contributed by atoms with van der Waals surface area (Å²) < 4.78 is 0.638. The van der Waals surface area contributed by atoms with Crippen molar-refractivity contribution >= 4 is 27.8 Å². The molecule has 1 heterocycles. The monoisotopic (exact) mass is 296 g/mol. The molecule has 1 amide bonds. The summed E-state index contributed by atoms with van der Waals surface area (Å²) in [4.78, 5) is 27.4. The van der Waals surface area contributed by atoms with Gasteiger partial charge in [-0.2, -0.15) is 0 Å². The number of aromatic nitrogens is 1. The SMILES string of the molecule is C#CCN(CC(=O)O)C(=O)c1cncc(Br)c1. The number of hydrogen-bond donors (Lipinski definition) is 1. The molecule has 88 valence electrons. The fourth-order valence-electron chi connectivity index (χ4n) is 1.18. The van der Waals surface area contributed by atoms with E-state index in [2.05, 4.69) is 26.8 Å². The van der Waals surface area contributed by atoms with Gasteiger partial charge in [-0.1, -0.05) is 5.92 Å². The van der Waals surface area contributed by atoms with Crippen molar-refractivity contribution in [1.82, 2.24) is 9.88 Å². The number of halogens is 1. The van der Waals surface area contributed by atoms with E-state index in [1.165, 1.54) is 12.4 Å². The van der Waals surface area contributed by atoms with Crippen LogP contribution in [0.5, 0.6) is 0 Å². The number of amides is 1. The molecule has 0 spiro atoms. The largest absolute Gasteiger partial charge is 0.480 e. The Bertz CT molecular complexity index is 482. The van der Waals surface area contributed by atoms with Crippen molar-refractivity contribution in [3.8, 4) is 12.3 Å². The molecular formula is C11H9BrN2O3. The first-order valence-electron chi connectivity index (χ1n) is 4.59. The van der Waals surface area contributed by atoms with Crippen molar-refractivity contribution in [3.63, 3.8) is 0 Å². The summed E-state index contributed by atoms with van der Waals surface area (Å²) in [6, 6.07) is 1.56. The molecule has 0 unspecified atom stereocenters. The zero-order chi connectivity index (χ0) is 12.8. The Morgan fingerprint density at radius 2 is 2.24 bits per heavy atom. The molecule has 1 aromatic heterocycles. The number of carbonyl (C=O) groups is 2. The van der Waals surface area contributed by atoms with Gasteiger partial charge in [-0.15, -0.1) is 6.42 Å². The van der Waals surface area contributed by atoms with Crippen molar-refractivity contribution in [2.45, 2.75) is 0 Å². The summed E-state index contributed by atoms with van der Waals surface area (Å²) >= 11 is 3.18. The molecule has 17 heavy (non-hydrogen) atoms. The van der Waals surface area contributed by atoms with Crippen LogP contribution in [0.1, 0.15) is 10.4 Å². The third-order valence-corrected chi connectivity index (χ3v) is 2.28. The second-order valence-corrected chi connectivity index (χ2v) is 4.07. The third-order valence-electron chi connectivity index (χ3n) is 1.85. The second-order valence-electron chi connectivity index (χ2n) is 3.15. The summed E-state index contributed by atoms with van der Waals surface area (Å²) in [5, 5.41) is 8.67. The Kier molecular flexibility index (Phi) is 4.67. The minimum atomic E-state index is -1.11. The number of carboxylic acids is 1. The van der Waals surface area contributed by atoms with E-state index >= 15 is 0 Å². The maximum atomic E-state index is 11.9. The van der Waals surface area contributed by atoms with E-state index in [1.54, 1.807) is 6.07 Å². The van der Waals surface area contributed by atoms with Crippen LogP contribution in [0.15, 0.2) is 22.9 Å². The van der Waals surface area contributed by atoms with Crippen molar-refractivity contribution < 1.29 is 14.7 Å². The lowest BCUT2D eigenvalue weighted by Gasteiger charge is -2.17. The molecule has 1 aromatic rings.